The topological polar surface area (TPSA) is 56.1 Å². The second-order valence-electron chi connectivity index (χ2n) is 4.17. The van der Waals surface area contributed by atoms with Gasteiger partial charge in [-0.1, -0.05) is 0 Å². The first kappa shape index (κ1) is 13.8. The molecule has 0 saturated carbocycles. The summed E-state index contributed by atoms with van der Waals surface area (Å²) in [6.07, 6.45) is -3.86. The summed E-state index contributed by atoms with van der Waals surface area (Å²) in [6, 6.07) is 1.16. The van der Waals surface area contributed by atoms with Crippen LogP contribution in [-0.4, -0.2) is 42.7 Å². The van der Waals surface area contributed by atoms with Crippen molar-refractivity contribution in [1.82, 2.24) is 10.2 Å². The summed E-state index contributed by atoms with van der Waals surface area (Å²) in [4.78, 5) is 12.3. The molecular weight excluding hydrogens is 235 g/mol. The molecule has 4 nitrogen and oxygen atoms in total. The number of halogens is 3. The van der Waals surface area contributed by atoms with Crippen molar-refractivity contribution in [2.24, 2.45) is 5.92 Å². The SMILES string of the molecule is CC(=O)NC1CCN(CC(C#N)C(F)(F)F)C1. The quantitative estimate of drug-likeness (QED) is 0.808. The normalized spacial score (nSPS) is 23.1. The van der Waals surface area contributed by atoms with E-state index in [2.05, 4.69) is 5.32 Å². The maximum absolute atomic E-state index is 12.4. The van der Waals surface area contributed by atoms with Crippen molar-refractivity contribution >= 4 is 5.91 Å². The van der Waals surface area contributed by atoms with Gasteiger partial charge >= 0.3 is 6.18 Å². The van der Waals surface area contributed by atoms with E-state index in [4.69, 9.17) is 5.26 Å². The van der Waals surface area contributed by atoms with Crippen LogP contribution in [0.1, 0.15) is 13.3 Å². The summed E-state index contributed by atoms with van der Waals surface area (Å²) in [5.74, 6) is -2.15. The van der Waals surface area contributed by atoms with E-state index in [1.807, 2.05) is 0 Å². The molecule has 0 radical (unpaired) electrons. The molecule has 1 aliphatic heterocycles. The van der Waals surface area contributed by atoms with E-state index in [-0.39, 0.29) is 18.5 Å². The number of amides is 1. The van der Waals surface area contributed by atoms with Gasteiger partial charge in [-0.3, -0.25) is 9.69 Å². The summed E-state index contributed by atoms with van der Waals surface area (Å²) in [6.45, 7) is 1.89. The Balaban J connectivity index is 2.45. The number of hydrogen-bond donors (Lipinski definition) is 1. The highest BCUT2D eigenvalue weighted by Gasteiger charge is 2.41. The third-order valence-electron chi connectivity index (χ3n) is 2.67. The summed E-state index contributed by atoms with van der Waals surface area (Å²) >= 11 is 0. The molecule has 2 atom stereocenters. The van der Waals surface area contributed by atoms with Crippen LogP contribution >= 0.6 is 0 Å². The van der Waals surface area contributed by atoms with Crippen LogP contribution in [0.4, 0.5) is 13.2 Å². The highest BCUT2D eigenvalue weighted by Crippen LogP contribution is 2.27. The van der Waals surface area contributed by atoms with Gasteiger partial charge in [-0.2, -0.15) is 18.4 Å². The molecule has 1 N–H and O–H groups in total. The fourth-order valence-corrected chi connectivity index (χ4v) is 1.88. The van der Waals surface area contributed by atoms with Gasteiger partial charge in [0.2, 0.25) is 5.91 Å². The molecule has 1 saturated heterocycles. The molecule has 1 aliphatic rings. The average molecular weight is 249 g/mol. The summed E-state index contributed by atoms with van der Waals surface area (Å²) in [5, 5.41) is 11.1. The van der Waals surface area contributed by atoms with Crippen molar-refractivity contribution in [2.45, 2.75) is 25.6 Å². The Morgan fingerprint density at radius 2 is 2.29 bits per heavy atom. The highest BCUT2D eigenvalue weighted by molar-refractivity contribution is 5.73. The van der Waals surface area contributed by atoms with Gasteiger partial charge in [0.15, 0.2) is 5.92 Å². The molecule has 7 heteroatoms. The minimum Gasteiger partial charge on any atom is -0.352 e. The average Bonchev–Trinajstić information content (AvgIpc) is 2.59. The van der Waals surface area contributed by atoms with Gasteiger partial charge in [-0.15, -0.1) is 0 Å². The van der Waals surface area contributed by atoms with Crippen LogP contribution in [0.3, 0.4) is 0 Å². The molecule has 1 rings (SSSR count). The Labute approximate surface area is 97.4 Å². The van der Waals surface area contributed by atoms with E-state index in [0.29, 0.717) is 19.5 Å². The van der Waals surface area contributed by atoms with Gasteiger partial charge in [-0.05, 0) is 6.42 Å². The highest BCUT2D eigenvalue weighted by atomic mass is 19.4. The van der Waals surface area contributed by atoms with Crippen molar-refractivity contribution in [1.29, 1.82) is 5.26 Å². The zero-order valence-electron chi connectivity index (χ0n) is 9.42. The van der Waals surface area contributed by atoms with E-state index in [1.54, 1.807) is 4.90 Å². The first-order chi connectivity index (χ1) is 7.82. The lowest BCUT2D eigenvalue weighted by molar-refractivity contribution is -0.162. The fraction of sp³-hybridized carbons (Fsp3) is 0.800. The maximum Gasteiger partial charge on any atom is 0.405 e. The van der Waals surface area contributed by atoms with Gasteiger partial charge in [0, 0.05) is 32.6 Å². The molecule has 0 aromatic carbocycles. The van der Waals surface area contributed by atoms with E-state index < -0.39 is 12.1 Å². The van der Waals surface area contributed by atoms with Gasteiger partial charge in [0.25, 0.3) is 0 Å². The van der Waals surface area contributed by atoms with Crippen molar-refractivity contribution in [2.75, 3.05) is 19.6 Å². The third-order valence-corrected chi connectivity index (χ3v) is 2.67. The van der Waals surface area contributed by atoms with Gasteiger partial charge in [0.05, 0.1) is 6.07 Å². The third kappa shape index (κ3) is 4.23. The second-order valence-corrected chi connectivity index (χ2v) is 4.17. The van der Waals surface area contributed by atoms with Gasteiger partial charge < -0.3 is 5.32 Å². The molecule has 17 heavy (non-hydrogen) atoms. The number of carbonyl (C=O) groups is 1. The maximum atomic E-state index is 12.4. The zero-order chi connectivity index (χ0) is 13.1. The molecule has 0 aliphatic carbocycles. The number of nitrogens with one attached hydrogen (secondary N) is 1. The number of nitriles is 1. The Hall–Kier alpha value is -1.29. The van der Waals surface area contributed by atoms with Crippen LogP contribution < -0.4 is 5.32 Å². The number of alkyl halides is 3. The van der Waals surface area contributed by atoms with Crippen molar-refractivity contribution in [3.63, 3.8) is 0 Å². The first-order valence-electron chi connectivity index (χ1n) is 5.28. The largest absolute Gasteiger partial charge is 0.405 e. The lowest BCUT2D eigenvalue weighted by Crippen LogP contribution is -2.38. The minimum absolute atomic E-state index is 0.111. The van der Waals surface area contributed by atoms with Crippen LogP contribution in [0.25, 0.3) is 0 Å². The number of likely N-dealkylation sites (tertiary alicyclic amines) is 1. The Morgan fingerprint density at radius 1 is 1.65 bits per heavy atom. The number of carbonyl (C=O) groups excluding carboxylic acids is 1. The van der Waals surface area contributed by atoms with Crippen molar-refractivity contribution < 1.29 is 18.0 Å². The van der Waals surface area contributed by atoms with Crippen LogP contribution in [0.15, 0.2) is 0 Å². The molecule has 1 fully saturated rings. The molecule has 1 heterocycles. The van der Waals surface area contributed by atoms with E-state index >= 15 is 0 Å². The molecule has 0 spiro atoms. The van der Waals surface area contributed by atoms with E-state index in [0.717, 1.165) is 0 Å². The van der Waals surface area contributed by atoms with Crippen LogP contribution in [0.2, 0.25) is 0 Å². The van der Waals surface area contributed by atoms with Crippen LogP contribution in [0.5, 0.6) is 0 Å². The van der Waals surface area contributed by atoms with E-state index in [9.17, 15) is 18.0 Å². The first-order valence-corrected chi connectivity index (χ1v) is 5.28. The Bertz CT molecular complexity index is 324. The minimum atomic E-state index is -4.49. The standard InChI is InChI=1S/C10H14F3N3O/c1-7(17)15-9-2-3-16(6-9)5-8(4-14)10(11,12)13/h8-9H,2-3,5-6H2,1H3,(H,15,17). The molecule has 1 amide bonds. The molecular formula is C10H14F3N3O. The predicted octanol–water partition coefficient (Wildman–Crippen LogP) is 0.899. The number of rotatable bonds is 3. The smallest absolute Gasteiger partial charge is 0.352 e. The van der Waals surface area contributed by atoms with Crippen LogP contribution in [-0.2, 0) is 4.79 Å². The Morgan fingerprint density at radius 3 is 2.76 bits per heavy atom. The second kappa shape index (κ2) is 5.36. The molecule has 2 unspecified atom stereocenters. The van der Waals surface area contributed by atoms with Crippen molar-refractivity contribution in [3.05, 3.63) is 0 Å². The van der Waals surface area contributed by atoms with Gasteiger partial charge in [-0.25, -0.2) is 0 Å². The summed E-state index contributed by atoms with van der Waals surface area (Å²) in [7, 11) is 0. The van der Waals surface area contributed by atoms with Crippen LogP contribution in [0, 0.1) is 17.2 Å². The molecule has 0 aromatic rings. The van der Waals surface area contributed by atoms with Gasteiger partial charge in [0.1, 0.15) is 0 Å². The Kier molecular flexibility index (Phi) is 4.34. The number of nitrogens with zero attached hydrogens (tertiary/aromatic N) is 2. The lowest BCUT2D eigenvalue weighted by Gasteiger charge is -2.21. The monoisotopic (exact) mass is 249 g/mol. The summed E-state index contributed by atoms with van der Waals surface area (Å²) < 4.78 is 37.1. The molecule has 0 bridgehead atoms. The summed E-state index contributed by atoms with van der Waals surface area (Å²) in [5.41, 5.74) is 0. The number of hydrogen-bond acceptors (Lipinski definition) is 3. The zero-order valence-corrected chi connectivity index (χ0v) is 9.42. The van der Waals surface area contributed by atoms with E-state index in [1.165, 1.54) is 13.0 Å². The predicted molar refractivity (Wildman–Crippen MR) is 53.8 cm³/mol. The molecule has 96 valence electrons. The lowest BCUT2D eigenvalue weighted by atomic mass is 10.1. The van der Waals surface area contributed by atoms with Crippen molar-refractivity contribution in [3.8, 4) is 6.07 Å². The molecule has 0 aromatic heterocycles. The fourth-order valence-electron chi connectivity index (χ4n) is 1.88.